The van der Waals surface area contributed by atoms with Gasteiger partial charge >= 0.3 is 12.0 Å². The zero-order chi connectivity index (χ0) is 13.5. The Morgan fingerprint density at radius 3 is 2.41 bits per heavy atom. The molecule has 0 saturated carbocycles. The third-order valence-corrected chi connectivity index (χ3v) is 2.32. The van der Waals surface area contributed by atoms with Crippen LogP contribution in [0.5, 0.6) is 0 Å². The average molecular weight is 246 g/mol. The third kappa shape index (κ3) is 7.57. The van der Waals surface area contributed by atoms with Crippen LogP contribution in [-0.2, 0) is 4.79 Å². The van der Waals surface area contributed by atoms with Gasteiger partial charge in [-0.05, 0) is 20.3 Å². The zero-order valence-corrected chi connectivity index (χ0v) is 10.6. The Morgan fingerprint density at radius 1 is 1.35 bits per heavy atom. The highest BCUT2D eigenvalue weighted by Gasteiger charge is 2.19. The molecule has 0 heterocycles. The van der Waals surface area contributed by atoms with Gasteiger partial charge in [0.15, 0.2) is 6.10 Å². The topological polar surface area (TPSA) is 98.7 Å². The smallest absolute Gasteiger partial charge is 0.332 e. The first kappa shape index (κ1) is 15.7. The number of aliphatic hydroxyl groups is 1. The van der Waals surface area contributed by atoms with Crippen LogP contribution < -0.4 is 10.6 Å². The molecular formula is C11H22N2O4. The lowest BCUT2D eigenvalue weighted by atomic mass is 9.99. The van der Waals surface area contributed by atoms with Gasteiger partial charge in [-0.1, -0.05) is 13.3 Å². The molecule has 100 valence electrons. The molecular weight excluding hydrogens is 224 g/mol. The summed E-state index contributed by atoms with van der Waals surface area (Å²) in [6.07, 6.45) is 0.388. The fraction of sp³-hybridized carbons (Fsp3) is 0.818. The first-order chi connectivity index (χ1) is 7.78. The molecule has 0 fully saturated rings. The molecule has 0 aromatic heterocycles. The van der Waals surface area contributed by atoms with Gasteiger partial charge in [-0.25, -0.2) is 9.59 Å². The van der Waals surface area contributed by atoms with Crippen molar-refractivity contribution in [2.45, 2.75) is 51.7 Å². The molecule has 0 aliphatic carbocycles. The Morgan fingerprint density at radius 2 is 1.94 bits per heavy atom. The van der Waals surface area contributed by atoms with Crippen molar-refractivity contribution >= 4 is 12.0 Å². The van der Waals surface area contributed by atoms with E-state index in [1.807, 2.05) is 20.8 Å². The SMILES string of the molecule is CCCC(C)(C)NC(=O)NCCC(O)C(=O)O. The number of aliphatic hydroxyl groups excluding tert-OH is 1. The van der Waals surface area contributed by atoms with Crippen LogP contribution in [0.3, 0.4) is 0 Å². The van der Waals surface area contributed by atoms with E-state index in [2.05, 4.69) is 10.6 Å². The minimum absolute atomic E-state index is 0.00302. The number of rotatable bonds is 7. The Balaban J connectivity index is 3.84. The Kier molecular flexibility index (Phi) is 6.57. The van der Waals surface area contributed by atoms with Gasteiger partial charge in [-0.3, -0.25) is 0 Å². The molecule has 1 unspecified atom stereocenters. The summed E-state index contributed by atoms with van der Waals surface area (Å²) < 4.78 is 0. The molecule has 17 heavy (non-hydrogen) atoms. The molecule has 1 atom stereocenters. The third-order valence-electron chi connectivity index (χ3n) is 2.32. The summed E-state index contributed by atoms with van der Waals surface area (Å²) in [7, 11) is 0. The Hall–Kier alpha value is -1.30. The van der Waals surface area contributed by atoms with Crippen LogP contribution in [0, 0.1) is 0 Å². The van der Waals surface area contributed by atoms with Gasteiger partial charge in [0.2, 0.25) is 0 Å². The van der Waals surface area contributed by atoms with E-state index in [1.165, 1.54) is 0 Å². The van der Waals surface area contributed by atoms with Crippen molar-refractivity contribution in [3.05, 3.63) is 0 Å². The highest BCUT2D eigenvalue weighted by molar-refractivity contribution is 5.75. The molecule has 6 nitrogen and oxygen atoms in total. The maximum absolute atomic E-state index is 11.4. The van der Waals surface area contributed by atoms with E-state index in [9.17, 15) is 9.59 Å². The highest BCUT2D eigenvalue weighted by atomic mass is 16.4. The van der Waals surface area contributed by atoms with Crippen LogP contribution in [0.4, 0.5) is 4.79 Å². The molecule has 4 N–H and O–H groups in total. The van der Waals surface area contributed by atoms with E-state index in [4.69, 9.17) is 10.2 Å². The minimum Gasteiger partial charge on any atom is -0.479 e. The Labute approximate surface area is 101 Å². The average Bonchev–Trinajstić information content (AvgIpc) is 2.15. The lowest BCUT2D eigenvalue weighted by Gasteiger charge is -2.25. The predicted octanol–water partition coefficient (Wildman–Crippen LogP) is 0.700. The minimum atomic E-state index is -1.43. The van der Waals surface area contributed by atoms with Crippen molar-refractivity contribution < 1.29 is 19.8 Å². The van der Waals surface area contributed by atoms with Crippen molar-refractivity contribution in [3.8, 4) is 0 Å². The summed E-state index contributed by atoms with van der Waals surface area (Å²) in [4.78, 5) is 21.7. The molecule has 0 aliphatic rings. The summed E-state index contributed by atoms with van der Waals surface area (Å²) in [6, 6.07) is -0.346. The van der Waals surface area contributed by atoms with E-state index < -0.39 is 12.1 Å². The lowest BCUT2D eigenvalue weighted by molar-refractivity contribution is -0.146. The fourth-order valence-corrected chi connectivity index (χ4v) is 1.48. The van der Waals surface area contributed by atoms with Crippen molar-refractivity contribution in [2.24, 2.45) is 0 Å². The molecule has 0 aliphatic heterocycles. The molecule has 0 bridgehead atoms. The molecule has 0 radical (unpaired) electrons. The van der Waals surface area contributed by atoms with Crippen molar-refractivity contribution in [1.82, 2.24) is 10.6 Å². The molecule has 0 rings (SSSR count). The van der Waals surface area contributed by atoms with Crippen molar-refractivity contribution in [2.75, 3.05) is 6.54 Å². The number of nitrogens with one attached hydrogen (secondary N) is 2. The molecule has 2 amide bonds. The molecule has 0 aromatic rings. The number of carbonyl (C=O) groups is 2. The van der Waals surface area contributed by atoms with Crippen molar-refractivity contribution in [1.29, 1.82) is 0 Å². The van der Waals surface area contributed by atoms with E-state index >= 15 is 0 Å². The predicted molar refractivity (Wildman–Crippen MR) is 63.8 cm³/mol. The van der Waals surface area contributed by atoms with Crippen molar-refractivity contribution in [3.63, 3.8) is 0 Å². The normalized spacial score (nSPS) is 12.9. The second-order valence-corrected chi connectivity index (χ2v) is 4.66. The van der Waals surface area contributed by atoms with Crippen LogP contribution >= 0.6 is 0 Å². The largest absolute Gasteiger partial charge is 0.479 e. The molecule has 0 aromatic carbocycles. The zero-order valence-electron chi connectivity index (χ0n) is 10.6. The van der Waals surface area contributed by atoms with E-state index in [-0.39, 0.29) is 24.5 Å². The Bertz CT molecular complexity index is 266. The summed E-state index contributed by atoms with van der Waals surface area (Å²) in [6.45, 7) is 6.00. The van der Waals surface area contributed by atoms with Crippen LogP contribution in [0.2, 0.25) is 0 Å². The van der Waals surface area contributed by atoms with E-state index in [1.54, 1.807) is 0 Å². The second kappa shape index (κ2) is 7.11. The van der Waals surface area contributed by atoms with Gasteiger partial charge in [0.05, 0.1) is 0 Å². The van der Waals surface area contributed by atoms with Gasteiger partial charge in [0.25, 0.3) is 0 Å². The quantitative estimate of drug-likeness (QED) is 0.531. The molecule has 0 saturated heterocycles. The van der Waals surface area contributed by atoms with Crippen LogP contribution in [0.15, 0.2) is 0 Å². The lowest BCUT2D eigenvalue weighted by Crippen LogP contribution is -2.48. The second-order valence-electron chi connectivity index (χ2n) is 4.66. The number of aliphatic carboxylic acids is 1. The van der Waals surface area contributed by atoms with E-state index in [0.717, 1.165) is 12.8 Å². The number of urea groups is 1. The molecule has 0 spiro atoms. The first-order valence-corrected chi connectivity index (χ1v) is 5.75. The number of carbonyl (C=O) groups excluding carboxylic acids is 1. The van der Waals surface area contributed by atoms with Gasteiger partial charge in [0, 0.05) is 18.5 Å². The van der Waals surface area contributed by atoms with Crippen LogP contribution in [-0.4, -0.2) is 40.4 Å². The standard InChI is InChI=1S/C11H22N2O4/c1-4-6-11(2,3)13-10(17)12-7-5-8(14)9(15)16/h8,14H,4-7H2,1-3H3,(H,15,16)(H2,12,13,17). The fourth-order valence-electron chi connectivity index (χ4n) is 1.48. The van der Waals surface area contributed by atoms with Gasteiger partial charge < -0.3 is 20.8 Å². The number of hydrogen-bond acceptors (Lipinski definition) is 3. The summed E-state index contributed by atoms with van der Waals surface area (Å²) >= 11 is 0. The number of hydrogen-bond donors (Lipinski definition) is 4. The maximum Gasteiger partial charge on any atom is 0.332 e. The highest BCUT2D eigenvalue weighted by Crippen LogP contribution is 2.09. The van der Waals surface area contributed by atoms with Crippen LogP contribution in [0.25, 0.3) is 0 Å². The van der Waals surface area contributed by atoms with Crippen LogP contribution in [0.1, 0.15) is 40.0 Å². The number of carboxylic acid groups (broad SMARTS) is 1. The summed E-state index contributed by atoms with van der Waals surface area (Å²) in [5.74, 6) is -1.28. The maximum atomic E-state index is 11.4. The first-order valence-electron chi connectivity index (χ1n) is 5.75. The van der Waals surface area contributed by atoms with Gasteiger partial charge in [-0.15, -0.1) is 0 Å². The monoisotopic (exact) mass is 246 g/mol. The van der Waals surface area contributed by atoms with Gasteiger partial charge in [0.1, 0.15) is 0 Å². The number of carboxylic acids is 1. The summed E-state index contributed by atoms with van der Waals surface area (Å²) in [5.41, 5.74) is -0.287. The summed E-state index contributed by atoms with van der Waals surface area (Å²) in [5, 5.41) is 22.7. The van der Waals surface area contributed by atoms with Gasteiger partial charge in [-0.2, -0.15) is 0 Å². The number of amides is 2. The van der Waals surface area contributed by atoms with E-state index in [0.29, 0.717) is 0 Å². The molecule has 6 heteroatoms.